The summed E-state index contributed by atoms with van der Waals surface area (Å²) in [6.07, 6.45) is -4.44. The highest BCUT2D eigenvalue weighted by Gasteiger charge is 2.35. The lowest BCUT2D eigenvalue weighted by Gasteiger charge is -2.20. The number of hydrogen-bond acceptors (Lipinski definition) is 5. The van der Waals surface area contributed by atoms with Crippen molar-refractivity contribution in [2.45, 2.75) is 26.1 Å². The molecule has 0 spiro atoms. The minimum Gasteiger partial charge on any atom is -0.383 e. The zero-order valence-corrected chi connectivity index (χ0v) is 10.5. The highest BCUT2D eigenvalue weighted by Crippen LogP contribution is 2.33. The Hall–Kier alpha value is -0.890. The highest BCUT2D eigenvalue weighted by atomic mass is 32.1. The molecule has 0 aliphatic heterocycles. The molecule has 0 bridgehead atoms. The van der Waals surface area contributed by atoms with Crippen LogP contribution in [0, 0.1) is 5.92 Å². The first kappa shape index (κ1) is 14.2. The third kappa shape index (κ3) is 4.12. The maximum Gasteiger partial charge on any atom is 0.445 e. The fourth-order valence-electron chi connectivity index (χ4n) is 1.14. The summed E-state index contributed by atoms with van der Waals surface area (Å²) in [6, 6.07) is -0.0889. The standard InChI is InChI=1S/C9H14F3N3OS/c1-5(2)6(4-16-3)13-8-15-14-7(17-8)9(10,11)12/h5-6H,4H2,1-3H3,(H,13,15). The van der Waals surface area contributed by atoms with Crippen LogP contribution in [-0.2, 0) is 10.9 Å². The molecule has 0 radical (unpaired) electrons. The first-order chi connectivity index (χ1) is 7.84. The van der Waals surface area contributed by atoms with Gasteiger partial charge < -0.3 is 10.1 Å². The maximum atomic E-state index is 12.3. The van der Waals surface area contributed by atoms with E-state index in [0.717, 1.165) is 0 Å². The predicted molar refractivity (Wildman–Crippen MR) is 59.0 cm³/mol. The molecule has 0 amide bonds. The smallest absolute Gasteiger partial charge is 0.383 e. The highest BCUT2D eigenvalue weighted by molar-refractivity contribution is 7.15. The second-order valence-corrected chi connectivity index (χ2v) is 4.84. The number of anilines is 1. The van der Waals surface area contributed by atoms with E-state index in [1.54, 1.807) is 0 Å². The molecule has 0 aliphatic carbocycles. The summed E-state index contributed by atoms with van der Waals surface area (Å²) in [5, 5.41) is 8.68. The number of halogens is 3. The van der Waals surface area contributed by atoms with Crippen LogP contribution in [0.15, 0.2) is 0 Å². The monoisotopic (exact) mass is 269 g/mol. The predicted octanol–water partition coefficient (Wildman–Crippen LogP) is 2.64. The van der Waals surface area contributed by atoms with Crippen molar-refractivity contribution < 1.29 is 17.9 Å². The molecule has 0 aromatic carbocycles. The summed E-state index contributed by atoms with van der Waals surface area (Å²) in [4.78, 5) is 0. The zero-order valence-electron chi connectivity index (χ0n) is 9.71. The van der Waals surface area contributed by atoms with Gasteiger partial charge in [0, 0.05) is 7.11 Å². The zero-order chi connectivity index (χ0) is 13.1. The van der Waals surface area contributed by atoms with Gasteiger partial charge in [0.25, 0.3) is 0 Å². The van der Waals surface area contributed by atoms with Gasteiger partial charge in [0.1, 0.15) is 0 Å². The molecular formula is C9H14F3N3OS. The van der Waals surface area contributed by atoms with E-state index >= 15 is 0 Å². The van der Waals surface area contributed by atoms with Crippen molar-refractivity contribution in [1.82, 2.24) is 10.2 Å². The Labute approximate surface area is 101 Å². The largest absolute Gasteiger partial charge is 0.445 e. The fraction of sp³-hybridized carbons (Fsp3) is 0.778. The molecule has 98 valence electrons. The lowest BCUT2D eigenvalue weighted by atomic mass is 10.1. The Kier molecular flexibility index (Phi) is 4.70. The van der Waals surface area contributed by atoms with Crippen LogP contribution < -0.4 is 5.32 Å². The summed E-state index contributed by atoms with van der Waals surface area (Å²) >= 11 is 0.498. The van der Waals surface area contributed by atoms with Crippen LogP contribution in [-0.4, -0.2) is 30.0 Å². The number of rotatable bonds is 5. The van der Waals surface area contributed by atoms with Crippen LogP contribution in [0.2, 0.25) is 0 Å². The third-order valence-electron chi connectivity index (χ3n) is 2.13. The molecule has 4 nitrogen and oxygen atoms in total. The van der Waals surface area contributed by atoms with Gasteiger partial charge in [-0.3, -0.25) is 0 Å². The molecule has 1 N–H and O–H groups in total. The van der Waals surface area contributed by atoms with Crippen molar-refractivity contribution in [1.29, 1.82) is 0 Å². The Morgan fingerprint density at radius 2 is 2.00 bits per heavy atom. The second-order valence-electron chi connectivity index (χ2n) is 3.86. The van der Waals surface area contributed by atoms with Crippen LogP contribution in [0.25, 0.3) is 0 Å². The molecule has 0 fully saturated rings. The molecular weight excluding hydrogens is 255 g/mol. The topological polar surface area (TPSA) is 47.0 Å². The molecule has 17 heavy (non-hydrogen) atoms. The number of alkyl halides is 3. The molecule has 0 aliphatic rings. The Morgan fingerprint density at radius 1 is 1.35 bits per heavy atom. The van der Waals surface area contributed by atoms with Crippen molar-refractivity contribution in [3.8, 4) is 0 Å². The van der Waals surface area contributed by atoms with Gasteiger partial charge in [0.2, 0.25) is 10.1 Å². The minimum absolute atomic E-state index is 0.0889. The van der Waals surface area contributed by atoms with Gasteiger partial charge in [-0.25, -0.2) is 0 Å². The maximum absolute atomic E-state index is 12.3. The first-order valence-corrected chi connectivity index (χ1v) is 5.82. The van der Waals surface area contributed by atoms with E-state index in [2.05, 4.69) is 15.5 Å². The van der Waals surface area contributed by atoms with Crippen molar-refractivity contribution in [2.24, 2.45) is 5.92 Å². The number of nitrogens with zero attached hydrogens (tertiary/aromatic N) is 2. The third-order valence-corrected chi connectivity index (χ3v) is 3.03. The van der Waals surface area contributed by atoms with Gasteiger partial charge in [-0.2, -0.15) is 13.2 Å². The van der Waals surface area contributed by atoms with Crippen molar-refractivity contribution in [3.63, 3.8) is 0 Å². The van der Waals surface area contributed by atoms with Crippen LogP contribution >= 0.6 is 11.3 Å². The summed E-state index contributed by atoms with van der Waals surface area (Å²) < 4.78 is 41.9. The summed E-state index contributed by atoms with van der Waals surface area (Å²) in [5.74, 6) is 0.216. The van der Waals surface area contributed by atoms with Gasteiger partial charge in [-0.05, 0) is 5.92 Å². The van der Waals surface area contributed by atoms with E-state index < -0.39 is 11.2 Å². The van der Waals surface area contributed by atoms with E-state index in [1.807, 2.05) is 13.8 Å². The van der Waals surface area contributed by atoms with Crippen molar-refractivity contribution in [2.75, 3.05) is 19.0 Å². The average molecular weight is 269 g/mol. The minimum atomic E-state index is -4.44. The second kappa shape index (κ2) is 5.63. The van der Waals surface area contributed by atoms with Crippen LogP contribution in [0.1, 0.15) is 18.9 Å². The lowest BCUT2D eigenvalue weighted by molar-refractivity contribution is -0.138. The van der Waals surface area contributed by atoms with E-state index in [-0.39, 0.29) is 17.1 Å². The van der Waals surface area contributed by atoms with Gasteiger partial charge in [0.15, 0.2) is 0 Å². The molecule has 8 heteroatoms. The number of methoxy groups -OCH3 is 1. The lowest BCUT2D eigenvalue weighted by Crippen LogP contribution is -2.30. The molecule has 1 heterocycles. The molecule has 0 saturated heterocycles. The molecule has 1 unspecified atom stereocenters. The van der Waals surface area contributed by atoms with Crippen LogP contribution in [0.5, 0.6) is 0 Å². The Bertz CT molecular complexity index is 354. The summed E-state index contributed by atoms with van der Waals surface area (Å²) in [5.41, 5.74) is 0. The van der Waals surface area contributed by atoms with E-state index in [4.69, 9.17) is 4.74 Å². The number of ether oxygens (including phenoxy) is 1. The average Bonchev–Trinajstić information content (AvgIpc) is 2.64. The normalized spacial score (nSPS) is 14.1. The molecule has 1 aromatic heterocycles. The Morgan fingerprint density at radius 3 is 2.41 bits per heavy atom. The quantitative estimate of drug-likeness (QED) is 0.892. The fourth-order valence-corrected chi connectivity index (χ4v) is 1.81. The molecule has 1 atom stereocenters. The van der Waals surface area contributed by atoms with E-state index in [1.165, 1.54) is 7.11 Å². The first-order valence-electron chi connectivity index (χ1n) is 5.00. The molecule has 1 rings (SSSR count). The van der Waals surface area contributed by atoms with E-state index in [9.17, 15) is 13.2 Å². The van der Waals surface area contributed by atoms with Gasteiger partial charge in [0.05, 0.1) is 12.6 Å². The summed E-state index contributed by atoms with van der Waals surface area (Å²) in [6.45, 7) is 4.30. The number of nitrogens with one attached hydrogen (secondary N) is 1. The molecule has 0 saturated carbocycles. The Balaban J connectivity index is 2.70. The summed E-state index contributed by atoms with van der Waals surface area (Å²) in [7, 11) is 1.54. The number of aromatic nitrogens is 2. The van der Waals surface area contributed by atoms with Crippen LogP contribution in [0.3, 0.4) is 0 Å². The SMILES string of the molecule is COCC(Nc1nnc(C(F)(F)F)s1)C(C)C. The molecule has 1 aromatic rings. The van der Waals surface area contributed by atoms with Gasteiger partial charge in [-0.15, -0.1) is 10.2 Å². The van der Waals surface area contributed by atoms with Crippen molar-refractivity contribution in [3.05, 3.63) is 5.01 Å². The van der Waals surface area contributed by atoms with Crippen LogP contribution in [0.4, 0.5) is 18.3 Å². The van der Waals surface area contributed by atoms with E-state index in [0.29, 0.717) is 17.9 Å². The van der Waals surface area contributed by atoms with Gasteiger partial charge >= 0.3 is 6.18 Å². The van der Waals surface area contributed by atoms with Crippen molar-refractivity contribution >= 4 is 16.5 Å². The number of hydrogen-bond donors (Lipinski definition) is 1. The van der Waals surface area contributed by atoms with Gasteiger partial charge in [-0.1, -0.05) is 25.2 Å².